The molecule has 0 saturated heterocycles. The number of phenolic OH excluding ortho intramolecular Hbond substituents is 1. The van der Waals surface area contributed by atoms with E-state index < -0.39 is 0 Å². The molecular formula is C9H10ClNO2. The summed E-state index contributed by atoms with van der Waals surface area (Å²) in [5.41, 5.74) is 6.35. The third kappa shape index (κ3) is 1.99. The Bertz CT molecular complexity index is 350. The summed E-state index contributed by atoms with van der Waals surface area (Å²) in [6.07, 6.45) is 0. The number of ketones is 1. The highest BCUT2D eigenvalue weighted by molar-refractivity contribution is 6.32. The maximum Gasteiger partial charge on any atom is 0.176 e. The van der Waals surface area contributed by atoms with Gasteiger partial charge in [0.1, 0.15) is 5.75 Å². The molecule has 13 heavy (non-hydrogen) atoms. The summed E-state index contributed by atoms with van der Waals surface area (Å²) in [4.78, 5) is 11.2. The number of hydrogen-bond acceptors (Lipinski definition) is 3. The number of phenols is 1. The first-order valence-corrected chi connectivity index (χ1v) is 4.16. The van der Waals surface area contributed by atoms with Crippen LogP contribution in [0.1, 0.15) is 15.9 Å². The molecule has 0 unspecified atom stereocenters. The van der Waals surface area contributed by atoms with E-state index in [1.165, 1.54) is 12.1 Å². The average molecular weight is 200 g/mol. The van der Waals surface area contributed by atoms with Crippen molar-refractivity contribution in [2.45, 2.75) is 6.92 Å². The van der Waals surface area contributed by atoms with E-state index in [0.717, 1.165) is 0 Å². The van der Waals surface area contributed by atoms with Gasteiger partial charge >= 0.3 is 0 Å². The Labute approximate surface area is 81.1 Å². The molecule has 0 aliphatic rings. The van der Waals surface area contributed by atoms with Crippen molar-refractivity contribution < 1.29 is 9.90 Å². The van der Waals surface area contributed by atoms with E-state index in [9.17, 15) is 9.90 Å². The largest absolute Gasteiger partial charge is 0.506 e. The molecule has 0 aliphatic carbocycles. The Morgan fingerprint density at radius 1 is 1.62 bits per heavy atom. The standard InChI is InChI=1S/C9H10ClNO2/c1-5-2-8(12)7(10)3-6(5)9(13)4-11/h2-3,12H,4,11H2,1H3. The molecule has 0 spiro atoms. The van der Waals surface area contributed by atoms with Gasteiger partial charge in [-0.05, 0) is 24.6 Å². The molecule has 1 rings (SSSR count). The molecule has 0 saturated carbocycles. The fourth-order valence-electron chi connectivity index (χ4n) is 1.08. The molecule has 0 fully saturated rings. The molecule has 0 heterocycles. The lowest BCUT2D eigenvalue weighted by Crippen LogP contribution is -2.14. The summed E-state index contributed by atoms with van der Waals surface area (Å²) in [6, 6.07) is 2.88. The molecule has 0 aliphatic heterocycles. The van der Waals surface area contributed by atoms with Crippen LogP contribution in [0, 0.1) is 6.92 Å². The second kappa shape index (κ2) is 3.77. The van der Waals surface area contributed by atoms with E-state index in [1.807, 2.05) is 0 Å². The van der Waals surface area contributed by atoms with Crippen LogP contribution < -0.4 is 5.73 Å². The van der Waals surface area contributed by atoms with Crippen LogP contribution in [0.15, 0.2) is 12.1 Å². The third-order valence-electron chi connectivity index (χ3n) is 1.78. The minimum Gasteiger partial charge on any atom is -0.506 e. The molecule has 0 amide bonds. The Hall–Kier alpha value is -1.06. The number of carbonyl (C=O) groups is 1. The van der Waals surface area contributed by atoms with Gasteiger partial charge in [-0.2, -0.15) is 0 Å². The third-order valence-corrected chi connectivity index (χ3v) is 2.08. The number of hydrogen-bond donors (Lipinski definition) is 2. The Morgan fingerprint density at radius 2 is 2.23 bits per heavy atom. The number of aromatic hydroxyl groups is 1. The van der Waals surface area contributed by atoms with Crippen LogP contribution in [0.2, 0.25) is 5.02 Å². The van der Waals surface area contributed by atoms with E-state index in [2.05, 4.69) is 0 Å². The number of aryl methyl sites for hydroxylation is 1. The monoisotopic (exact) mass is 199 g/mol. The number of carbonyl (C=O) groups excluding carboxylic acids is 1. The van der Waals surface area contributed by atoms with Crippen LogP contribution in [0.25, 0.3) is 0 Å². The van der Waals surface area contributed by atoms with Gasteiger partial charge in [0.05, 0.1) is 11.6 Å². The van der Waals surface area contributed by atoms with Crippen LogP contribution in [-0.4, -0.2) is 17.4 Å². The normalized spacial score (nSPS) is 10.1. The Balaban J connectivity index is 3.23. The van der Waals surface area contributed by atoms with Gasteiger partial charge in [0.2, 0.25) is 0 Å². The van der Waals surface area contributed by atoms with Crippen LogP contribution in [0.3, 0.4) is 0 Å². The molecule has 0 atom stereocenters. The van der Waals surface area contributed by atoms with Gasteiger partial charge in [-0.15, -0.1) is 0 Å². The van der Waals surface area contributed by atoms with Crippen LogP contribution in [-0.2, 0) is 0 Å². The first-order valence-electron chi connectivity index (χ1n) is 3.78. The van der Waals surface area contributed by atoms with Gasteiger partial charge in [0, 0.05) is 5.56 Å². The summed E-state index contributed by atoms with van der Waals surface area (Å²) < 4.78 is 0. The number of nitrogens with two attached hydrogens (primary N) is 1. The minimum atomic E-state index is -0.181. The van der Waals surface area contributed by atoms with Gasteiger partial charge in [-0.25, -0.2) is 0 Å². The first-order chi connectivity index (χ1) is 6.06. The van der Waals surface area contributed by atoms with E-state index in [1.54, 1.807) is 6.92 Å². The van der Waals surface area contributed by atoms with Crippen molar-refractivity contribution in [2.24, 2.45) is 5.73 Å². The van der Waals surface area contributed by atoms with Crippen molar-refractivity contribution in [3.63, 3.8) is 0 Å². The van der Waals surface area contributed by atoms with E-state index >= 15 is 0 Å². The van der Waals surface area contributed by atoms with Crippen LogP contribution in [0.5, 0.6) is 5.75 Å². The lowest BCUT2D eigenvalue weighted by molar-refractivity contribution is 0.100. The van der Waals surface area contributed by atoms with Gasteiger partial charge in [-0.1, -0.05) is 11.6 Å². The molecule has 3 nitrogen and oxygen atoms in total. The van der Waals surface area contributed by atoms with E-state index in [0.29, 0.717) is 11.1 Å². The predicted molar refractivity (Wildman–Crippen MR) is 51.2 cm³/mol. The zero-order chi connectivity index (χ0) is 10.0. The lowest BCUT2D eigenvalue weighted by atomic mass is 10.0. The zero-order valence-corrected chi connectivity index (χ0v) is 7.93. The Morgan fingerprint density at radius 3 is 2.77 bits per heavy atom. The van der Waals surface area contributed by atoms with Crippen molar-refractivity contribution in [2.75, 3.05) is 6.54 Å². The van der Waals surface area contributed by atoms with Gasteiger partial charge in [-0.3, -0.25) is 4.79 Å². The SMILES string of the molecule is Cc1cc(O)c(Cl)cc1C(=O)CN. The molecule has 0 radical (unpaired) electrons. The summed E-state index contributed by atoms with van der Waals surface area (Å²) in [6.45, 7) is 1.67. The second-order valence-electron chi connectivity index (χ2n) is 2.75. The average Bonchev–Trinajstić information content (AvgIpc) is 2.10. The predicted octanol–water partition coefficient (Wildman–Crippen LogP) is 1.50. The molecule has 70 valence electrons. The maximum atomic E-state index is 11.2. The van der Waals surface area contributed by atoms with Crippen molar-refractivity contribution in [1.82, 2.24) is 0 Å². The molecule has 3 N–H and O–H groups in total. The molecule has 0 aromatic heterocycles. The van der Waals surface area contributed by atoms with Crippen molar-refractivity contribution in [1.29, 1.82) is 0 Å². The molecule has 1 aromatic rings. The highest BCUT2D eigenvalue weighted by Gasteiger charge is 2.10. The van der Waals surface area contributed by atoms with Crippen molar-refractivity contribution in [3.05, 3.63) is 28.3 Å². The fraction of sp³-hybridized carbons (Fsp3) is 0.222. The summed E-state index contributed by atoms with van der Waals surface area (Å²) in [5, 5.41) is 9.37. The smallest absolute Gasteiger partial charge is 0.176 e. The topological polar surface area (TPSA) is 63.3 Å². The second-order valence-corrected chi connectivity index (χ2v) is 3.15. The van der Waals surface area contributed by atoms with Gasteiger partial charge in [0.25, 0.3) is 0 Å². The van der Waals surface area contributed by atoms with Crippen molar-refractivity contribution >= 4 is 17.4 Å². The van der Waals surface area contributed by atoms with E-state index in [-0.39, 0.29) is 23.1 Å². The molecule has 4 heteroatoms. The van der Waals surface area contributed by atoms with Gasteiger partial charge in [0.15, 0.2) is 5.78 Å². The maximum absolute atomic E-state index is 11.2. The number of rotatable bonds is 2. The molecule has 1 aromatic carbocycles. The van der Waals surface area contributed by atoms with Crippen molar-refractivity contribution in [3.8, 4) is 5.75 Å². The quantitative estimate of drug-likeness (QED) is 0.710. The zero-order valence-electron chi connectivity index (χ0n) is 7.17. The first kappa shape index (κ1) is 10.0. The number of benzene rings is 1. The van der Waals surface area contributed by atoms with E-state index in [4.69, 9.17) is 17.3 Å². The lowest BCUT2D eigenvalue weighted by Gasteiger charge is -2.05. The number of halogens is 1. The number of Topliss-reactive ketones (excluding diaryl/α,β-unsaturated/α-hetero) is 1. The van der Waals surface area contributed by atoms with Crippen LogP contribution in [0.4, 0.5) is 0 Å². The molecule has 0 bridgehead atoms. The highest BCUT2D eigenvalue weighted by Crippen LogP contribution is 2.26. The highest BCUT2D eigenvalue weighted by atomic mass is 35.5. The van der Waals surface area contributed by atoms with Gasteiger partial charge < -0.3 is 10.8 Å². The van der Waals surface area contributed by atoms with Crippen LogP contribution >= 0.6 is 11.6 Å². The Kier molecular flexibility index (Phi) is 2.90. The summed E-state index contributed by atoms with van der Waals surface area (Å²) in [7, 11) is 0. The fourth-order valence-corrected chi connectivity index (χ4v) is 1.24. The summed E-state index contributed by atoms with van der Waals surface area (Å²) in [5.74, 6) is -0.202. The summed E-state index contributed by atoms with van der Waals surface area (Å²) >= 11 is 5.64. The minimum absolute atomic E-state index is 0.0206. The molecular weight excluding hydrogens is 190 g/mol.